The molecule has 0 saturated carbocycles. The number of aliphatic hydroxyl groups is 2. The van der Waals surface area contributed by atoms with Gasteiger partial charge in [-0.3, -0.25) is 9.59 Å². The van der Waals surface area contributed by atoms with Gasteiger partial charge in [-0.25, -0.2) is 0 Å². The summed E-state index contributed by atoms with van der Waals surface area (Å²) < 4.78 is 5.44. The predicted molar refractivity (Wildman–Crippen MR) is 278 cm³/mol. The number of nitrogens with one attached hydrogen (secondary N) is 1. The van der Waals surface area contributed by atoms with Crippen LogP contribution >= 0.6 is 0 Å². The molecule has 0 spiro atoms. The summed E-state index contributed by atoms with van der Waals surface area (Å²) in [4.78, 5) is 24.4. The Morgan fingerprint density at radius 2 is 0.781 bits per heavy atom. The lowest BCUT2D eigenvalue weighted by atomic mass is 10.0. The molecule has 6 heteroatoms. The van der Waals surface area contributed by atoms with Gasteiger partial charge in [0.25, 0.3) is 0 Å². The first-order valence-corrected chi connectivity index (χ1v) is 27.9. The number of hydrogen-bond acceptors (Lipinski definition) is 5. The van der Waals surface area contributed by atoms with Crippen LogP contribution in [0.25, 0.3) is 0 Å². The van der Waals surface area contributed by atoms with Gasteiger partial charge in [-0.1, -0.05) is 229 Å². The van der Waals surface area contributed by atoms with Gasteiger partial charge in [0, 0.05) is 12.8 Å². The number of allylic oxidation sites excluding steroid dienone is 7. The van der Waals surface area contributed by atoms with Crippen LogP contribution in [-0.2, 0) is 14.3 Å². The summed E-state index contributed by atoms with van der Waals surface area (Å²) in [5.41, 5.74) is 0. The molecular weight excluding hydrogens is 791 g/mol. The van der Waals surface area contributed by atoms with E-state index in [0.29, 0.717) is 19.4 Å². The standard InChI is InChI=1S/C58H107NO5/c1-3-5-7-9-11-13-15-17-26-30-34-38-42-46-50-56(61)55(54-60)59-57(62)51-47-43-39-35-31-27-24-22-20-19-21-23-25-29-33-37-41-45-49-53-64-58(63)52-48-44-40-36-32-28-18-16-14-12-10-8-6-4-2/h16,18,23,25,29,33,46,50,55-56,60-61H,3-15,17,19-22,24,26-28,30-32,34-45,47-49,51-54H2,1-2H3,(H,59,62)/b18-16-,25-23-,33-29-,50-46+. The molecule has 1 amide bonds. The quantitative estimate of drug-likeness (QED) is 0.0245. The Morgan fingerprint density at radius 1 is 0.438 bits per heavy atom. The molecule has 3 N–H and O–H groups in total. The number of rotatable bonds is 51. The molecule has 0 aromatic heterocycles. The number of aliphatic hydroxyl groups excluding tert-OH is 2. The highest BCUT2D eigenvalue weighted by Crippen LogP contribution is 2.15. The summed E-state index contributed by atoms with van der Waals surface area (Å²) in [6.45, 7) is 4.84. The van der Waals surface area contributed by atoms with E-state index in [1.807, 2.05) is 6.08 Å². The van der Waals surface area contributed by atoms with Crippen LogP contribution < -0.4 is 5.32 Å². The molecule has 0 radical (unpaired) electrons. The van der Waals surface area contributed by atoms with Crippen molar-refractivity contribution in [1.82, 2.24) is 5.32 Å². The monoisotopic (exact) mass is 898 g/mol. The largest absolute Gasteiger partial charge is 0.466 e. The third kappa shape index (κ3) is 49.3. The molecule has 2 atom stereocenters. The SMILES string of the molecule is CCCCCCC/C=C\CCCCCCCC(=O)OCCCCC/C=C\C=C/CCCCCCCCCCCCC(=O)NC(CO)C(O)/C=C/CCCCCCCCCCCCCC. The van der Waals surface area contributed by atoms with E-state index in [1.54, 1.807) is 6.08 Å². The van der Waals surface area contributed by atoms with E-state index >= 15 is 0 Å². The van der Waals surface area contributed by atoms with Crippen LogP contribution in [0, 0.1) is 0 Å². The first-order valence-electron chi connectivity index (χ1n) is 27.9. The van der Waals surface area contributed by atoms with E-state index in [2.05, 4.69) is 55.6 Å². The smallest absolute Gasteiger partial charge is 0.305 e. The van der Waals surface area contributed by atoms with Gasteiger partial charge in [0.1, 0.15) is 0 Å². The molecule has 0 aromatic carbocycles. The van der Waals surface area contributed by atoms with Crippen LogP contribution in [0.15, 0.2) is 48.6 Å². The Morgan fingerprint density at radius 3 is 1.20 bits per heavy atom. The van der Waals surface area contributed by atoms with Gasteiger partial charge in [0.2, 0.25) is 5.91 Å². The average Bonchev–Trinajstić information content (AvgIpc) is 3.29. The van der Waals surface area contributed by atoms with Crippen molar-refractivity contribution in [2.24, 2.45) is 0 Å². The zero-order chi connectivity index (χ0) is 46.5. The van der Waals surface area contributed by atoms with E-state index in [0.717, 1.165) is 77.0 Å². The van der Waals surface area contributed by atoms with Gasteiger partial charge in [-0.15, -0.1) is 0 Å². The Balaban J connectivity index is 3.52. The highest BCUT2D eigenvalue weighted by molar-refractivity contribution is 5.76. The number of ether oxygens (including phenoxy) is 1. The highest BCUT2D eigenvalue weighted by Gasteiger charge is 2.18. The highest BCUT2D eigenvalue weighted by atomic mass is 16.5. The number of carbonyl (C=O) groups is 2. The summed E-state index contributed by atoms with van der Waals surface area (Å²) >= 11 is 0. The molecule has 0 bridgehead atoms. The molecule has 0 aromatic rings. The van der Waals surface area contributed by atoms with Gasteiger partial charge in [-0.2, -0.15) is 0 Å². The van der Waals surface area contributed by atoms with Crippen LogP contribution in [0.1, 0.15) is 284 Å². The normalized spacial score (nSPS) is 13.0. The number of hydrogen-bond donors (Lipinski definition) is 3. The van der Waals surface area contributed by atoms with Crippen molar-refractivity contribution in [3.8, 4) is 0 Å². The van der Waals surface area contributed by atoms with E-state index in [4.69, 9.17) is 4.74 Å². The molecule has 0 saturated heterocycles. The van der Waals surface area contributed by atoms with Crippen molar-refractivity contribution in [3.63, 3.8) is 0 Å². The lowest BCUT2D eigenvalue weighted by molar-refractivity contribution is -0.143. The van der Waals surface area contributed by atoms with E-state index in [-0.39, 0.29) is 18.5 Å². The molecule has 0 rings (SSSR count). The van der Waals surface area contributed by atoms with Gasteiger partial charge < -0.3 is 20.3 Å². The molecule has 0 aliphatic heterocycles. The fraction of sp³-hybridized carbons (Fsp3) is 0.828. The summed E-state index contributed by atoms with van der Waals surface area (Å²) in [6, 6.07) is -0.636. The second kappa shape index (κ2) is 53.4. The third-order valence-electron chi connectivity index (χ3n) is 12.6. The first-order chi connectivity index (χ1) is 31.5. The van der Waals surface area contributed by atoms with Crippen LogP contribution in [0.5, 0.6) is 0 Å². The van der Waals surface area contributed by atoms with Crippen molar-refractivity contribution >= 4 is 11.9 Å². The maximum Gasteiger partial charge on any atom is 0.305 e. The molecule has 64 heavy (non-hydrogen) atoms. The summed E-state index contributed by atoms with van der Waals surface area (Å²) in [6.07, 6.45) is 66.9. The van der Waals surface area contributed by atoms with Crippen LogP contribution in [0.4, 0.5) is 0 Å². The topological polar surface area (TPSA) is 95.9 Å². The Bertz CT molecular complexity index is 1080. The number of esters is 1. The molecule has 374 valence electrons. The van der Waals surface area contributed by atoms with Crippen molar-refractivity contribution in [3.05, 3.63) is 48.6 Å². The van der Waals surface area contributed by atoms with Gasteiger partial charge >= 0.3 is 5.97 Å². The molecule has 0 aliphatic rings. The van der Waals surface area contributed by atoms with Crippen molar-refractivity contribution in [2.45, 2.75) is 296 Å². The fourth-order valence-corrected chi connectivity index (χ4v) is 8.26. The van der Waals surface area contributed by atoms with E-state index in [9.17, 15) is 19.8 Å². The average molecular weight is 898 g/mol. The minimum absolute atomic E-state index is 0.0233. The maximum atomic E-state index is 12.4. The number of carbonyl (C=O) groups excluding carboxylic acids is 2. The van der Waals surface area contributed by atoms with Crippen LogP contribution in [0.3, 0.4) is 0 Å². The molecular formula is C58H107NO5. The molecule has 0 aliphatic carbocycles. The molecule has 2 unspecified atom stereocenters. The minimum atomic E-state index is -0.851. The minimum Gasteiger partial charge on any atom is -0.466 e. The van der Waals surface area contributed by atoms with Crippen molar-refractivity contribution < 1.29 is 24.5 Å². The van der Waals surface area contributed by atoms with Crippen molar-refractivity contribution in [2.75, 3.05) is 13.2 Å². The zero-order valence-corrected chi connectivity index (χ0v) is 42.5. The number of unbranched alkanes of at least 4 members (excludes halogenated alkanes) is 35. The first kappa shape index (κ1) is 61.8. The molecule has 6 nitrogen and oxygen atoms in total. The molecule has 0 fully saturated rings. The lowest BCUT2D eigenvalue weighted by Crippen LogP contribution is -2.45. The summed E-state index contributed by atoms with van der Waals surface area (Å²) in [5.74, 6) is -0.102. The number of amides is 1. The third-order valence-corrected chi connectivity index (χ3v) is 12.6. The zero-order valence-electron chi connectivity index (χ0n) is 42.5. The maximum absolute atomic E-state index is 12.4. The Hall–Kier alpha value is -2.18. The van der Waals surface area contributed by atoms with Gasteiger partial charge in [0.05, 0.1) is 25.4 Å². The van der Waals surface area contributed by atoms with Crippen molar-refractivity contribution in [1.29, 1.82) is 0 Å². The van der Waals surface area contributed by atoms with E-state index in [1.165, 1.54) is 180 Å². The van der Waals surface area contributed by atoms with Gasteiger partial charge in [0.15, 0.2) is 0 Å². The molecule has 0 heterocycles. The lowest BCUT2D eigenvalue weighted by Gasteiger charge is -2.20. The van der Waals surface area contributed by atoms with Gasteiger partial charge in [-0.05, 0) is 89.9 Å². The van der Waals surface area contributed by atoms with Crippen LogP contribution in [-0.4, -0.2) is 47.4 Å². The Kier molecular flexibility index (Phi) is 51.6. The fourth-order valence-electron chi connectivity index (χ4n) is 8.26. The Labute approximate surface area is 397 Å². The second-order valence-corrected chi connectivity index (χ2v) is 18.9. The summed E-state index contributed by atoms with van der Waals surface area (Å²) in [7, 11) is 0. The predicted octanol–water partition coefficient (Wildman–Crippen LogP) is 17.0. The van der Waals surface area contributed by atoms with E-state index < -0.39 is 12.1 Å². The summed E-state index contributed by atoms with van der Waals surface area (Å²) in [5, 5.41) is 23.1. The van der Waals surface area contributed by atoms with Crippen LogP contribution in [0.2, 0.25) is 0 Å². The second-order valence-electron chi connectivity index (χ2n) is 18.9.